The number of carboxylic acid groups (broad SMARTS) is 3. The first kappa shape index (κ1) is 23.1. The Balaban J connectivity index is 1.61. The van der Waals surface area contributed by atoms with Gasteiger partial charge in [-0.15, -0.1) is 0 Å². The molecule has 0 radical (unpaired) electrons. The van der Waals surface area contributed by atoms with Crippen LogP contribution in [0.4, 0.5) is 11.4 Å². The highest BCUT2D eigenvalue weighted by Gasteiger charge is 2.40. The zero-order valence-corrected chi connectivity index (χ0v) is 18.2. The molecule has 0 spiro atoms. The van der Waals surface area contributed by atoms with Crippen LogP contribution in [0.2, 0.25) is 0 Å². The standard InChI is InChI=1S/C25H12N2O10/c28-19-15-3-1-10(23(32)33)7-17(15)21(30)26(19)13-5-12(25(36)37)6-14(9-13)27-20(29)16-4-2-11(24(34)35)8-18(16)22(27)31/h1-9H,(H,32,33)(H,34,35)(H,36,37)/p-3. The lowest BCUT2D eigenvalue weighted by Crippen LogP contribution is -2.33. The van der Waals surface area contributed by atoms with Crippen LogP contribution in [0.5, 0.6) is 0 Å². The second-order valence-corrected chi connectivity index (χ2v) is 8.01. The van der Waals surface area contributed by atoms with Gasteiger partial charge in [0.05, 0.1) is 51.5 Å². The van der Waals surface area contributed by atoms with Crippen molar-refractivity contribution < 1.29 is 48.9 Å². The summed E-state index contributed by atoms with van der Waals surface area (Å²) in [5.41, 5.74) is -2.89. The average Bonchev–Trinajstić information content (AvgIpc) is 3.27. The number of rotatable bonds is 5. The SMILES string of the molecule is O=C([O-])c1cc(N2C(=O)c3ccc(C(=O)[O-])cc3C2=O)cc(N2C(=O)c3ccc(C(=O)[O-])cc3C2=O)c1. The van der Waals surface area contributed by atoms with Crippen LogP contribution >= 0.6 is 0 Å². The predicted molar refractivity (Wildman–Crippen MR) is 115 cm³/mol. The third kappa shape index (κ3) is 3.43. The second-order valence-electron chi connectivity index (χ2n) is 8.01. The molecule has 3 aromatic rings. The Morgan fingerprint density at radius 1 is 0.459 bits per heavy atom. The molecule has 12 heteroatoms. The van der Waals surface area contributed by atoms with E-state index < -0.39 is 47.1 Å². The van der Waals surface area contributed by atoms with E-state index in [2.05, 4.69) is 0 Å². The number of fused-ring (bicyclic) bond motifs is 2. The number of anilines is 2. The molecule has 2 aliphatic heterocycles. The molecular formula is C25H9N2O10-3. The van der Waals surface area contributed by atoms with Crippen LogP contribution < -0.4 is 25.1 Å². The molecule has 0 atom stereocenters. The molecule has 2 heterocycles. The first-order valence-electron chi connectivity index (χ1n) is 10.3. The third-order valence-electron chi connectivity index (χ3n) is 5.90. The molecular weight excluding hydrogens is 488 g/mol. The fourth-order valence-corrected chi connectivity index (χ4v) is 4.18. The lowest BCUT2D eigenvalue weighted by molar-refractivity contribution is -0.256. The molecule has 182 valence electrons. The summed E-state index contributed by atoms with van der Waals surface area (Å²) in [4.78, 5) is 87.2. The van der Waals surface area contributed by atoms with E-state index in [1.54, 1.807) is 0 Å². The van der Waals surface area contributed by atoms with Gasteiger partial charge in [0, 0.05) is 5.56 Å². The average molecular weight is 497 g/mol. The molecule has 0 unspecified atom stereocenters. The molecule has 0 aromatic heterocycles. The van der Waals surface area contributed by atoms with Crippen molar-refractivity contribution in [3.05, 3.63) is 93.5 Å². The number of amides is 4. The van der Waals surface area contributed by atoms with Crippen LogP contribution in [-0.4, -0.2) is 41.5 Å². The summed E-state index contributed by atoms with van der Waals surface area (Å²) in [6.07, 6.45) is 0. The first-order valence-corrected chi connectivity index (χ1v) is 10.3. The molecule has 0 N–H and O–H groups in total. The lowest BCUT2D eigenvalue weighted by atomic mass is 10.1. The molecule has 2 aliphatic rings. The maximum atomic E-state index is 13.0. The maximum Gasteiger partial charge on any atom is 0.266 e. The van der Waals surface area contributed by atoms with E-state index in [9.17, 15) is 48.9 Å². The van der Waals surface area contributed by atoms with Gasteiger partial charge in [0.2, 0.25) is 0 Å². The number of nitrogens with zero attached hydrogens (tertiary/aromatic N) is 2. The Bertz CT molecular complexity index is 1540. The Morgan fingerprint density at radius 3 is 1.16 bits per heavy atom. The summed E-state index contributed by atoms with van der Waals surface area (Å²) in [5, 5.41) is 34.0. The lowest BCUT2D eigenvalue weighted by Gasteiger charge is -2.21. The Kier molecular flexibility index (Phi) is 4.96. The molecule has 12 nitrogen and oxygen atoms in total. The zero-order chi connectivity index (χ0) is 26.8. The van der Waals surface area contributed by atoms with E-state index in [1.165, 1.54) is 0 Å². The highest BCUT2D eigenvalue weighted by atomic mass is 16.4. The molecule has 0 fully saturated rings. The number of benzene rings is 3. The minimum absolute atomic E-state index is 0.161. The quantitative estimate of drug-likeness (QED) is 0.370. The molecule has 0 saturated carbocycles. The van der Waals surface area contributed by atoms with Crippen LogP contribution in [0.1, 0.15) is 72.5 Å². The van der Waals surface area contributed by atoms with Gasteiger partial charge in [-0.1, -0.05) is 12.1 Å². The summed E-state index contributed by atoms with van der Waals surface area (Å²) in [7, 11) is 0. The van der Waals surface area contributed by atoms with Crippen LogP contribution in [0, 0.1) is 0 Å². The first-order chi connectivity index (χ1) is 17.5. The summed E-state index contributed by atoms with van der Waals surface area (Å²) in [6, 6.07) is 9.05. The summed E-state index contributed by atoms with van der Waals surface area (Å²) < 4.78 is 0. The second kappa shape index (κ2) is 7.95. The van der Waals surface area contributed by atoms with Gasteiger partial charge in [-0.3, -0.25) is 19.2 Å². The van der Waals surface area contributed by atoms with Gasteiger partial charge < -0.3 is 29.7 Å². The summed E-state index contributed by atoms with van der Waals surface area (Å²) in [6.45, 7) is 0. The smallest absolute Gasteiger partial charge is 0.266 e. The van der Waals surface area contributed by atoms with Gasteiger partial charge in [0.1, 0.15) is 0 Å². The minimum Gasteiger partial charge on any atom is -0.545 e. The number of imide groups is 2. The van der Waals surface area contributed by atoms with Crippen LogP contribution in [-0.2, 0) is 0 Å². The Morgan fingerprint density at radius 2 is 0.811 bits per heavy atom. The van der Waals surface area contributed by atoms with E-state index in [0.29, 0.717) is 9.80 Å². The molecule has 37 heavy (non-hydrogen) atoms. The summed E-state index contributed by atoms with van der Waals surface area (Å²) in [5.74, 6) is -8.71. The predicted octanol–water partition coefficient (Wildman–Crippen LogP) is -1.62. The van der Waals surface area contributed by atoms with Crippen molar-refractivity contribution >= 4 is 52.9 Å². The molecule has 0 aliphatic carbocycles. The number of hydrogen-bond donors (Lipinski definition) is 0. The van der Waals surface area contributed by atoms with E-state index in [1.807, 2.05) is 0 Å². The number of carbonyl (C=O) groups excluding carboxylic acids is 7. The molecule has 0 saturated heterocycles. The van der Waals surface area contributed by atoms with E-state index in [4.69, 9.17) is 0 Å². The van der Waals surface area contributed by atoms with Crippen molar-refractivity contribution in [1.82, 2.24) is 0 Å². The van der Waals surface area contributed by atoms with E-state index in [0.717, 1.165) is 54.6 Å². The van der Waals surface area contributed by atoms with Crippen molar-refractivity contribution in [2.75, 3.05) is 9.80 Å². The summed E-state index contributed by atoms with van der Waals surface area (Å²) >= 11 is 0. The fourth-order valence-electron chi connectivity index (χ4n) is 4.18. The van der Waals surface area contributed by atoms with Crippen LogP contribution in [0.15, 0.2) is 54.6 Å². The van der Waals surface area contributed by atoms with Gasteiger partial charge in [-0.05, 0) is 53.6 Å². The number of aromatic carboxylic acids is 3. The van der Waals surface area contributed by atoms with Crippen LogP contribution in [0.3, 0.4) is 0 Å². The van der Waals surface area contributed by atoms with Gasteiger partial charge in [-0.2, -0.15) is 0 Å². The van der Waals surface area contributed by atoms with Gasteiger partial charge >= 0.3 is 0 Å². The van der Waals surface area contributed by atoms with E-state index >= 15 is 0 Å². The molecule has 3 aromatic carbocycles. The fraction of sp³-hybridized carbons (Fsp3) is 0. The number of carboxylic acids is 3. The topological polar surface area (TPSA) is 195 Å². The number of hydrogen-bond acceptors (Lipinski definition) is 10. The monoisotopic (exact) mass is 497 g/mol. The zero-order valence-electron chi connectivity index (χ0n) is 18.2. The van der Waals surface area contributed by atoms with Crippen molar-refractivity contribution in [3.8, 4) is 0 Å². The van der Waals surface area contributed by atoms with Crippen molar-refractivity contribution in [2.45, 2.75) is 0 Å². The van der Waals surface area contributed by atoms with Crippen molar-refractivity contribution in [3.63, 3.8) is 0 Å². The molecule has 5 rings (SSSR count). The van der Waals surface area contributed by atoms with Crippen LogP contribution in [0.25, 0.3) is 0 Å². The minimum atomic E-state index is -1.75. The van der Waals surface area contributed by atoms with Gasteiger partial charge in [0.15, 0.2) is 0 Å². The van der Waals surface area contributed by atoms with Crippen molar-refractivity contribution in [2.24, 2.45) is 0 Å². The normalized spacial score (nSPS) is 14.2. The third-order valence-corrected chi connectivity index (χ3v) is 5.90. The highest BCUT2D eigenvalue weighted by Crippen LogP contribution is 2.35. The van der Waals surface area contributed by atoms with Gasteiger partial charge in [-0.25, -0.2) is 9.80 Å². The van der Waals surface area contributed by atoms with Crippen molar-refractivity contribution in [1.29, 1.82) is 0 Å². The molecule has 4 amide bonds. The molecule has 0 bridgehead atoms. The van der Waals surface area contributed by atoms with Gasteiger partial charge in [0.25, 0.3) is 23.6 Å². The largest absolute Gasteiger partial charge is 0.545 e. The maximum absolute atomic E-state index is 13.0. The number of carbonyl (C=O) groups is 7. The Labute approximate surface area is 205 Å². The van der Waals surface area contributed by atoms with E-state index in [-0.39, 0.29) is 44.8 Å². The highest BCUT2D eigenvalue weighted by molar-refractivity contribution is 6.36. The Hall–Kier alpha value is -5.65.